The third kappa shape index (κ3) is 19.4. The van der Waals surface area contributed by atoms with Gasteiger partial charge in [0.1, 0.15) is 18.1 Å². The van der Waals surface area contributed by atoms with Gasteiger partial charge in [0.25, 0.3) is 0 Å². The highest BCUT2D eigenvalue weighted by Gasteiger charge is 2.21. The zero-order valence-corrected chi connectivity index (χ0v) is 36.5. The summed E-state index contributed by atoms with van der Waals surface area (Å²) >= 11 is 0. The van der Waals surface area contributed by atoms with Crippen LogP contribution in [0, 0.1) is 0 Å². The van der Waals surface area contributed by atoms with Gasteiger partial charge in [-0.05, 0) is 83.3 Å². The highest BCUT2D eigenvalue weighted by molar-refractivity contribution is 5.86. The van der Waals surface area contributed by atoms with Crippen molar-refractivity contribution in [1.29, 1.82) is 0 Å². The Bertz CT molecular complexity index is 2010. The quantitative estimate of drug-likeness (QED) is 0.0471. The molecule has 0 radical (unpaired) electrons. The first-order valence-corrected chi connectivity index (χ1v) is 20.9. The number of nitrogens with one attached hydrogen (secondary N) is 3. The van der Waals surface area contributed by atoms with Crippen molar-refractivity contribution in [3.8, 4) is 0 Å². The van der Waals surface area contributed by atoms with E-state index in [1.54, 1.807) is 12.4 Å². The van der Waals surface area contributed by atoms with Crippen molar-refractivity contribution in [2.75, 3.05) is 0 Å². The molecule has 5 rings (SSSR count). The van der Waals surface area contributed by atoms with Gasteiger partial charge in [-0.1, -0.05) is 158 Å². The fourth-order valence-corrected chi connectivity index (χ4v) is 6.18. The summed E-state index contributed by atoms with van der Waals surface area (Å²) < 4.78 is 0. The number of hydrogen-bond acceptors (Lipinski definition) is 7. The summed E-state index contributed by atoms with van der Waals surface area (Å²) in [5.41, 5.74) is 5.28. The van der Waals surface area contributed by atoms with Crippen LogP contribution in [0.4, 0.5) is 0 Å². The smallest absolute Gasteiger partial charge is 0.321 e. The van der Waals surface area contributed by atoms with Crippen LogP contribution in [0.1, 0.15) is 89.6 Å². The van der Waals surface area contributed by atoms with Gasteiger partial charge < -0.3 is 31.3 Å². The predicted octanol–water partition coefficient (Wildman–Crippen LogP) is 9.18. The first kappa shape index (κ1) is 50.5. The Morgan fingerprint density at radius 3 is 1.63 bits per heavy atom. The molecule has 0 bridgehead atoms. The molecule has 322 valence electrons. The molecule has 10 nitrogen and oxygen atoms in total. The molecule has 0 aliphatic heterocycles. The van der Waals surface area contributed by atoms with Crippen LogP contribution >= 0.6 is 0 Å². The number of carboxylic acid groups (broad SMARTS) is 3. The highest BCUT2D eigenvalue weighted by atomic mass is 16.4. The van der Waals surface area contributed by atoms with Crippen LogP contribution in [0.3, 0.4) is 0 Å². The maximum Gasteiger partial charge on any atom is 0.321 e. The molecule has 10 heteroatoms. The number of carbonyl (C=O) groups is 3. The minimum Gasteiger partial charge on any atom is -0.480 e. The van der Waals surface area contributed by atoms with Gasteiger partial charge in [-0.2, -0.15) is 0 Å². The van der Waals surface area contributed by atoms with Gasteiger partial charge in [0.2, 0.25) is 0 Å². The number of nitrogens with zero attached hydrogens (tertiary/aromatic N) is 1. The van der Waals surface area contributed by atoms with E-state index in [9.17, 15) is 24.6 Å². The zero-order chi connectivity index (χ0) is 44.5. The molecule has 4 atom stereocenters. The van der Waals surface area contributed by atoms with Crippen LogP contribution in [0.2, 0.25) is 0 Å². The van der Waals surface area contributed by atoms with Crippen LogP contribution in [0.5, 0.6) is 0 Å². The summed E-state index contributed by atoms with van der Waals surface area (Å²) in [5, 5.41) is 39.3. The van der Waals surface area contributed by atoms with E-state index in [4.69, 9.17) is 5.11 Å². The first-order chi connectivity index (χ1) is 28.7. The van der Waals surface area contributed by atoms with Crippen molar-refractivity contribution >= 4 is 40.8 Å². The lowest BCUT2D eigenvalue weighted by Crippen LogP contribution is -2.43. The Morgan fingerprint density at radius 2 is 1.05 bits per heavy atom. The molecule has 5 aromatic rings. The van der Waals surface area contributed by atoms with E-state index >= 15 is 0 Å². The summed E-state index contributed by atoms with van der Waals surface area (Å²) in [7, 11) is 0. The number of carboxylic acids is 3. The Kier molecular flexibility index (Phi) is 23.5. The average Bonchev–Trinajstić information content (AvgIpc) is 3.24. The molecule has 0 aliphatic rings. The maximum absolute atomic E-state index is 11.4. The molecule has 0 aliphatic carbocycles. The molecule has 60 heavy (non-hydrogen) atoms. The molecular weight excluding hydrogens is 753 g/mol. The van der Waals surface area contributed by atoms with Crippen LogP contribution in [0.15, 0.2) is 122 Å². The molecule has 0 amide bonds. The van der Waals surface area contributed by atoms with Gasteiger partial charge in [0.15, 0.2) is 0 Å². The van der Waals surface area contributed by atoms with Gasteiger partial charge in [-0.15, -0.1) is 0 Å². The third-order valence-electron chi connectivity index (χ3n) is 9.21. The molecule has 0 spiro atoms. The zero-order valence-electron chi connectivity index (χ0n) is 36.5. The molecule has 0 saturated heterocycles. The summed E-state index contributed by atoms with van der Waals surface area (Å²) in [6.45, 7) is 15.8. The molecule has 6 N–H and O–H groups in total. The second kappa shape index (κ2) is 27.9. The van der Waals surface area contributed by atoms with Gasteiger partial charge in [-0.25, -0.2) is 0 Å². The standard InChI is InChI=1S/C20H23NO2.C16H19NO2.C12H18N2O2.C2H6/c1-15(2)21-19(20(22)23)14-18-10-6-9-17(13-18)12-11-16-7-4-3-5-8-16;1-11(2)17-15(16(18)19)10-13-8-5-7-12-6-3-4-9-14(12)13;1-3-9(2)14-11(12(15)16)8-10-4-6-13-7-5-10;1-2/h3-13,15,19,21H,14H2,1-2H3,(H,22,23);3-9,11,15,17H,10H2,1-2H3,(H,18,19);4-7,9,11,14H,3,8H2,1-2H3,(H,15,16);1-2H3/b12-11-;;;. The number of benzene rings is 4. The molecule has 0 saturated carbocycles. The minimum atomic E-state index is -0.816. The van der Waals surface area contributed by atoms with E-state index in [-0.39, 0.29) is 18.1 Å². The van der Waals surface area contributed by atoms with Gasteiger partial charge in [0.05, 0.1) is 0 Å². The number of aliphatic carboxylic acids is 3. The van der Waals surface area contributed by atoms with Crippen molar-refractivity contribution in [2.24, 2.45) is 0 Å². The molecule has 4 aromatic carbocycles. The summed E-state index contributed by atoms with van der Waals surface area (Å²) in [4.78, 5) is 37.7. The van der Waals surface area contributed by atoms with Crippen molar-refractivity contribution in [1.82, 2.24) is 20.9 Å². The Hall–Kier alpha value is -5.68. The number of pyridine rings is 1. The van der Waals surface area contributed by atoms with Crippen molar-refractivity contribution < 1.29 is 29.7 Å². The maximum atomic E-state index is 11.4. The summed E-state index contributed by atoms with van der Waals surface area (Å²) in [6.07, 6.45) is 9.83. The SMILES string of the molecule is CC.CC(C)NC(Cc1cccc(/C=C\c2ccccc2)c1)C(=O)O.CC(C)NC(Cc1cccc2ccccc12)C(=O)O.CCC(C)NC(Cc1ccncc1)C(=O)O. The molecular formula is C50H66N4O6. The fourth-order valence-electron chi connectivity index (χ4n) is 6.18. The molecule has 1 aromatic heterocycles. The third-order valence-corrected chi connectivity index (χ3v) is 9.21. The number of aromatic nitrogens is 1. The predicted molar refractivity (Wildman–Crippen MR) is 246 cm³/mol. The normalized spacial score (nSPS) is 12.8. The van der Waals surface area contributed by atoms with E-state index in [0.717, 1.165) is 45.0 Å². The largest absolute Gasteiger partial charge is 0.480 e. The van der Waals surface area contributed by atoms with E-state index < -0.39 is 36.0 Å². The van der Waals surface area contributed by atoms with Gasteiger partial charge in [-0.3, -0.25) is 19.4 Å². The molecule has 1 heterocycles. The number of hydrogen-bond donors (Lipinski definition) is 6. The fraction of sp³-hybridized carbons (Fsp3) is 0.360. The molecule has 4 unspecified atom stereocenters. The Morgan fingerprint density at radius 1 is 0.567 bits per heavy atom. The number of rotatable bonds is 18. The topological polar surface area (TPSA) is 161 Å². The first-order valence-electron chi connectivity index (χ1n) is 20.9. The summed E-state index contributed by atoms with van der Waals surface area (Å²) in [5.74, 6) is -2.43. The Labute approximate surface area is 357 Å². The second-order valence-corrected chi connectivity index (χ2v) is 14.9. The summed E-state index contributed by atoms with van der Waals surface area (Å²) in [6, 6.07) is 34.7. The van der Waals surface area contributed by atoms with Crippen LogP contribution in [-0.2, 0) is 33.6 Å². The van der Waals surface area contributed by atoms with Crippen molar-refractivity contribution in [3.05, 3.63) is 149 Å². The lowest BCUT2D eigenvalue weighted by Gasteiger charge is -2.18. The van der Waals surface area contributed by atoms with Gasteiger partial charge in [0, 0.05) is 30.5 Å². The number of fused-ring (bicyclic) bond motifs is 1. The van der Waals surface area contributed by atoms with Crippen LogP contribution in [0.25, 0.3) is 22.9 Å². The Balaban J connectivity index is 0.000000309. The van der Waals surface area contributed by atoms with E-state index in [1.165, 1.54) is 0 Å². The van der Waals surface area contributed by atoms with E-state index in [2.05, 4.69) is 27.0 Å². The highest BCUT2D eigenvalue weighted by Crippen LogP contribution is 2.20. The van der Waals surface area contributed by atoms with Crippen LogP contribution < -0.4 is 16.0 Å². The van der Waals surface area contributed by atoms with Crippen molar-refractivity contribution in [2.45, 2.75) is 117 Å². The average molecular weight is 819 g/mol. The molecule has 0 fully saturated rings. The van der Waals surface area contributed by atoms with E-state index in [0.29, 0.717) is 19.3 Å². The minimum absolute atomic E-state index is 0.136. The second-order valence-electron chi connectivity index (χ2n) is 14.9. The van der Waals surface area contributed by atoms with Gasteiger partial charge >= 0.3 is 17.9 Å². The lowest BCUT2D eigenvalue weighted by atomic mass is 9.98. The van der Waals surface area contributed by atoms with Crippen molar-refractivity contribution in [3.63, 3.8) is 0 Å². The van der Waals surface area contributed by atoms with Crippen LogP contribution in [-0.4, -0.2) is 74.5 Å². The lowest BCUT2D eigenvalue weighted by molar-refractivity contribution is -0.140. The van der Waals surface area contributed by atoms with E-state index in [1.807, 2.05) is 171 Å². The monoisotopic (exact) mass is 818 g/mol.